The van der Waals surface area contributed by atoms with Crippen LogP contribution >= 0.6 is 11.3 Å². The molecule has 1 saturated heterocycles. The maximum atomic E-state index is 9.39. The van der Waals surface area contributed by atoms with Crippen molar-refractivity contribution >= 4 is 16.5 Å². The van der Waals surface area contributed by atoms with E-state index in [9.17, 15) is 5.11 Å². The number of hydrogen-bond acceptors (Lipinski definition) is 6. The second kappa shape index (κ2) is 7.71. The molecule has 0 aliphatic carbocycles. The highest BCUT2D eigenvalue weighted by Crippen LogP contribution is 2.23. The van der Waals surface area contributed by atoms with E-state index in [1.54, 1.807) is 11.3 Å². The van der Waals surface area contributed by atoms with E-state index in [-0.39, 0.29) is 12.6 Å². The molecule has 0 amide bonds. The summed E-state index contributed by atoms with van der Waals surface area (Å²) in [4.78, 5) is 2.31. The van der Waals surface area contributed by atoms with Crippen molar-refractivity contribution in [3.05, 3.63) is 17.2 Å². The maximum absolute atomic E-state index is 9.39. The molecule has 0 bridgehead atoms. The SMILES string of the molecule is C/C=C/C[C@H](CO)NC1CCN(c2nnc(C)s2)CC1. The molecule has 1 fully saturated rings. The van der Waals surface area contributed by atoms with Crippen LogP contribution in [0.3, 0.4) is 0 Å². The number of aromatic nitrogens is 2. The van der Waals surface area contributed by atoms with E-state index in [4.69, 9.17) is 0 Å². The molecule has 112 valence electrons. The van der Waals surface area contributed by atoms with Crippen molar-refractivity contribution < 1.29 is 5.11 Å². The number of aliphatic hydroxyl groups is 1. The molecule has 0 spiro atoms. The second-order valence-corrected chi connectivity index (χ2v) is 6.38. The number of piperidine rings is 1. The summed E-state index contributed by atoms with van der Waals surface area (Å²) in [5.74, 6) is 0. The Kier molecular flexibility index (Phi) is 5.94. The van der Waals surface area contributed by atoms with Gasteiger partial charge in [0.15, 0.2) is 0 Å². The fourth-order valence-electron chi connectivity index (χ4n) is 2.48. The highest BCUT2D eigenvalue weighted by atomic mass is 32.1. The molecular weight excluding hydrogens is 272 g/mol. The van der Waals surface area contributed by atoms with E-state index in [0.29, 0.717) is 6.04 Å². The van der Waals surface area contributed by atoms with Crippen molar-refractivity contribution in [3.63, 3.8) is 0 Å². The fourth-order valence-corrected chi connectivity index (χ4v) is 3.22. The fraction of sp³-hybridized carbons (Fsp3) is 0.714. The van der Waals surface area contributed by atoms with Gasteiger partial charge in [-0.05, 0) is 33.1 Å². The first-order valence-corrected chi connectivity index (χ1v) is 8.07. The van der Waals surface area contributed by atoms with Gasteiger partial charge in [-0.15, -0.1) is 10.2 Å². The van der Waals surface area contributed by atoms with Crippen LogP contribution in [0.15, 0.2) is 12.2 Å². The molecule has 1 aliphatic heterocycles. The highest BCUT2D eigenvalue weighted by molar-refractivity contribution is 7.15. The zero-order valence-electron chi connectivity index (χ0n) is 12.2. The summed E-state index contributed by atoms with van der Waals surface area (Å²) in [7, 11) is 0. The maximum Gasteiger partial charge on any atom is 0.208 e. The number of nitrogens with one attached hydrogen (secondary N) is 1. The molecule has 0 unspecified atom stereocenters. The monoisotopic (exact) mass is 296 g/mol. The minimum absolute atomic E-state index is 0.173. The van der Waals surface area contributed by atoms with E-state index < -0.39 is 0 Å². The Balaban J connectivity index is 1.78. The van der Waals surface area contributed by atoms with E-state index in [2.05, 4.69) is 26.5 Å². The summed E-state index contributed by atoms with van der Waals surface area (Å²) in [6.45, 7) is 6.21. The first-order valence-electron chi connectivity index (χ1n) is 7.26. The summed E-state index contributed by atoms with van der Waals surface area (Å²) in [6.07, 6.45) is 7.20. The van der Waals surface area contributed by atoms with Crippen molar-refractivity contribution in [1.29, 1.82) is 0 Å². The smallest absolute Gasteiger partial charge is 0.208 e. The molecule has 1 aromatic heterocycles. The standard InChI is InChI=1S/C14H24N4OS/c1-3-4-5-13(10-19)15-12-6-8-18(9-7-12)14-17-16-11(2)20-14/h3-4,12-13,15,19H,5-10H2,1-2H3/b4-3+/t13-/m1/s1. The zero-order chi connectivity index (χ0) is 14.4. The van der Waals surface area contributed by atoms with Crippen molar-refractivity contribution in [2.45, 2.75) is 45.2 Å². The summed E-state index contributed by atoms with van der Waals surface area (Å²) < 4.78 is 0. The Hall–Kier alpha value is -0.980. The predicted octanol–water partition coefficient (Wildman–Crippen LogP) is 1.73. The number of rotatable bonds is 6. The molecule has 2 heterocycles. The van der Waals surface area contributed by atoms with Crippen LogP contribution in [0.2, 0.25) is 0 Å². The molecular formula is C14H24N4OS. The van der Waals surface area contributed by atoms with E-state index >= 15 is 0 Å². The number of allylic oxidation sites excluding steroid dienone is 1. The molecule has 5 nitrogen and oxygen atoms in total. The number of aliphatic hydroxyl groups excluding tert-OH is 1. The normalized spacial score (nSPS) is 18.9. The summed E-state index contributed by atoms with van der Waals surface area (Å²) in [6, 6.07) is 0.661. The molecule has 2 rings (SSSR count). The minimum Gasteiger partial charge on any atom is -0.395 e. The number of aryl methyl sites for hydroxylation is 1. The lowest BCUT2D eigenvalue weighted by atomic mass is 10.0. The molecule has 1 aromatic rings. The summed E-state index contributed by atoms with van der Waals surface area (Å²) in [5, 5.41) is 23.3. The van der Waals surface area contributed by atoms with Gasteiger partial charge < -0.3 is 15.3 Å². The van der Waals surface area contributed by atoms with E-state index in [0.717, 1.165) is 42.5 Å². The van der Waals surface area contributed by atoms with E-state index in [1.807, 2.05) is 19.9 Å². The summed E-state index contributed by atoms with van der Waals surface area (Å²) in [5.41, 5.74) is 0. The van der Waals surface area contributed by atoms with Crippen LogP contribution in [0.25, 0.3) is 0 Å². The van der Waals surface area contributed by atoms with Gasteiger partial charge in [-0.25, -0.2) is 0 Å². The third-order valence-electron chi connectivity index (χ3n) is 3.63. The molecule has 6 heteroatoms. The number of nitrogens with zero attached hydrogens (tertiary/aromatic N) is 3. The second-order valence-electron chi connectivity index (χ2n) is 5.22. The Morgan fingerprint density at radius 1 is 1.45 bits per heavy atom. The molecule has 0 saturated carbocycles. The Labute approximate surface area is 124 Å². The molecule has 20 heavy (non-hydrogen) atoms. The molecule has 2 N–H and O–H groups in total. The third kappa shape index (κ3) is 4.26. The Morgan fingerprint density at radius 3 is 2.75 bits per heavy atom. The van der Waals surface area contributed by atoms with Crippen molar-refractivity contribution in [2.24, 2.45) is 0 Å². The van der Waals surface area contributed by atoms with Gasteiger partial charge in [0.05, 0.1) is 6.61 Å². The van der Waals surface area contributed by atoms with E-state index in [1.165, 1.54) is 0 Å². The van der Waals surface area contributed by atoms with Gasteiger partial charge in [-0.1, -0.05) is 23.5 Å². The number of anilines is 1. The van der Waals surface area contributed by atoms with Crippen molar-refractivity contribution in [2.75, 3.05) is 24.6 Å². The van der Waals surface area contributed by atoms with Crippen molar-refractivity contribution in [1.82, 2.24) is 15.5 Å². The average molecular weight is 296 g/mol. The van der Waals surface area contributed by atoms with Crippen LogP contribution in [-0.2, 0) is 0 Å². The van der Waals surface area contributed by atoms with Gasteiger partial charge in [-0.3, -0.25) is 0 Å². The van der Waals surface area contributed by atoms with Gasteiger partial charge in [0, 0.05) is 25.2 Å². The van der Waals surface area contributed by atoms with Crippen LogP contribution in [0, 0.1) is 6.92 Å². The van der Waals surface area contributed by atoms with Crippen LogP contribution in [0.1, 0.15) is 31.2 Å². The number of hydrogen-bond donors (Lipinski definition) is 2. The predicted molar refractivity (Wildman–Crippen MR) is 83.3 cm³/mol. The van der Waals surface area contributed by atoms with Gasteiger partial charge in [0.2, 0.25) is 5.13 Å². The van der Waals surface area contributed by atoms with Gasteiger partial charge in [-0.2, -0.15) is 0 Å². The largest absolute Gasteiger partial charge is 0.395 e. The minimum atomic E-state index is 0.173. The molecule has 1 aliphatic rings. The molecule has 0 radical (unpaired) electrons. The lowest BCUT2D eigenvalue weighted by Gasteiger charge is -2.33. The Bertz CT molecular complexity index is 427. The van der Waals surface area contributed by atoms with Crippen molar-refractivity contribution in [3.8, 4) is 0 Å². The molecule has 1 atom stereocenters. The lowest BCUT2D eigenvalue weighted by molar-refractivity contribution is 0.224. The quantitative estimate of drug-likeness (QED) is 0.783. The van der Waals surface area contributed by atoms with Gasteiger partial charge >= 0.3 is 0 Å². The first kappa shape index (κ1) is 15.4. The topological polar surface area (TPSA) is 61.3 Å². The summed E-state index contributed by atoms with van der Waals surface area (Å²) >= 11 is 1.66. The Morgan fingerprint density at radius 2 is 2.20 bits per heavy atom. The van der Waals surface area contributed by atoms with Gasteiger partial charge in [0.25, 0.3) is 0 Å². The lowest BCUT2D eigenvalue weighted by Crippen LogP contribution is -2.47. The van der Waals surface area contributed by atoms with Crippen LogP contribution in [0.5, 0.6) is 0 Å². The first-order chi connectivity index (χ1) is 9.72. The third-order valence-corrected chi connectivity index (χ3v) is 4.53. The average Bonchev–Trinajstić information content (AvgIpc) is 2.90. The van der Waals surface area contributed by atoms with Crippen LogP contribution in [-0.4, -0.2) is 47.1 Å². The van der Waals surface area contributed by atoms with Crippen LogP contribution in [0.4, 0.5) is 5.13 Å². The highest BCUT2D eigenvalue weighted by Gasteiger charge is 2.22. The van der Waals surface area contributed by atoms with Gasteiger partial charge in [0.1, 0.15) is 5.01 Å². The zero-order valence-corrected chi connectivity index (χ0v) is 13.1. The van der Waals surface area contributed by atoms with Crippen LogP contribution < -0.4 is 10.2 Å². The molecule has 0 aromatic carbocycles.